The molecule has 3 heteroatoms. The molecule has 0 heterocycles. The van der Waals surface area contributed by atoms with Gasteiger partial charge in [-0.2, -0.15) is 0 Å². The summed E-state index contributed by atoms with van der Waals surface area (Å²) in [5.41, 5.74) is 2.48. The summed E-state index contributed by atoms with van der Waals surface area (Å²) in [6.45, 7) is 6.56. The van der Waals surface area contributed by atoms with Gasteiger partial charge in [-0.15, -0.1) is 0 Å². The lowest BCUT2D eigenvalue weighted by Crippen LogP contribution is -2.45. The molecule has 1 fully saturated rings. The van der Waals surface area contributed by atoms with Crippen LogP contribution < -0.4 is 10.6 Å². The molecular formula is C21H34N2O. The Labute approximate surface area is 147 Å². The van der Waals surface area contributed by atoms with Gasteiger partial charge in [-0.3, -0.25) is 0 Å². The lowest BCUT2D eigenvalue weighted by molar-refractivity contribution is 0.220. The van der Waals surface area contributed by atoms with E-state index in [1.54, 1.807) is 0 Å². The van der Waals surface area contributed by atoms with E-state index in [0.717, 1.165) is 32.1 Å². The number of rotatable bonds is 7. The first kappa shape index (κ1) is 18.8. The highest BCUT2D eigenvalue weighted by atomic mass is 16.2. The predicted octanol–water partition coefficient (Wildman–Crippen LogP) is 5.49. The normalized spacial score (nSPS) is 18.0. The van der Waals surface area contributed by atoms with E-state index < -0.39 is 0 Å². The van der Waals surface area contributed by atoms with Crippen LogP contribution in [0.5, 0.6) is 0 Å². The van der Waals surface area contributed by atoms with Gasteiger partial charge in [0.15, 0.2) is 0 Å². The van der Waals surface area contributed by atoms with Crippen LogP contribution in [0.1, 0.15) is 82.4 Å². The smallest absolute Gasteiger partial charge is 0.315 e. The van der Waals surface area contributed by atoms with Crippen LogP contribution in [-0.2, 0) is 0 Å². The van der Waals surface area contributed by atoms with Crippen molar-refractivity contribution in [1.29, 1.82) is 0 Å². The zero-order chi connectivity index (χ0) is 17.4. The van der Waals surface area contributed by atoms with Gasteiger partial charge in [0.05, 0.1) is 6.04 Å². The molecule has 3 nitrogen and oxygen atoms in total. The summed E-state index contributed by atoms with van der Waals surface area (Å²) in [6, 6.07) is 9.02. The average Bonchev–Trinajstić information content (AvgIpc) is 2.59. The molecule has 0 saturated heterocycles. The van der Waals surface area contributed by atoms with Gasteiger partial charge in [-0.1, -0.05) is 75.8 Å². The molecule has 2 unspecified atom stereocenters. The maximum atomic E-state index is 12.6. The van der Waals surface area contributed by atoms with E-state index in [9.17, 15) is 4.79 Å². The van der Waals surface area contributed by atoms with Crippen molar-refractivity contribution >= 4 is 6.03 Å². The quantitative estimate of drug-likeness (QED) is 0.681. The number of hydrogen-bond donors (Lipinski definition) is 2. The number of carbonyl (C=O) groups is 1. The minimum absolute atomic E-state index is 0.00274. The molecule has 24 heavy (non-hydrogen) atoms. The highest BCUT2D eigenvalue weighted by Gasteiger charge is 2.24. The minimum Gasteiger partial charge on any atom is -0.335 e. The Morgan fingerprint density at radius 2 is 1.96 bits per heavy atom. The average molecular weight is 331 g/mol. The highest BCUT2D eigenvalue weighted by Crippen LogP contribution is 2.29. The Hall–Kier alpha value is -1.51. The molecule has 1 aliphatic rings. The number of urea groups is 1. The van der Waals surface area contributed by atoms with Gasteiger partial charge in [-0.25, -0.2) is 4.79 Å². The van der Waals surface area contributed by atoms with Crippen molar-refractivity contribution in [3.63, 3.8) is 0 Å². The Morgan fingerprint density at radius 1 is 1.21 bits per heavy atom. The van der Waals surface area contributed by atoms with E-state index >= 15 is 0 Å². The molecule has 1 aromatic rings. The van der Waals surface area contributed by atoms with E-state index in [0.29, 0.717) is 12.0 Å². The molecule has 0 spiro atoms. The van der Waals surface area contributed by atoms with Crippen LogP contribution >= 0.6 is 0 Å². The monoisotopic (exact) mass is 330 g/mol. The lowest BCUT2D eigenvalue weighted by Gasteiger charge is -2.30. The van der Waals surface area contributed by atoms with Crippen LogP contribution in [0.15, 0.2) is 24.3 Å². The van der Waals surface area contributed by atoms with Crippen LogP contribution in [-0.4, -0.2) is 12.1 Å². The van der Waals surface area contributed by atoms with Gasteiger partial charge in [0.25, 0.3) is 0 Å². The molecule has 0 aliphatic heterocycles. The molecular weight excluding hydrogens is 296 g/mol. The van der Waals surface area contributed by atoms with E-state index in [2.05, 4.69) is 55.7 Å². The van der Waals surface area contributed by atoms with Crippen LogP contribution in [0, 0.1) is 12.8 Å². The molecule has 0 bridgehead atoms. The first-order valence-corrected chi connectivity index (χ1v) is 9.77. The van der Waals surface area contributed by atoms with Crippen LogP contribution in [0.2, 0.25) is 0 Å². The number of amides is 2. The zero-order valence-electron chi connectivity index (χ0n) is 15.6. The van der Waals surface area contributed by atoms with Crippen molar-refractivity contribution in [2.75, 3.05) is 0 Å². The molecule has 0 radical (unpaired) electrons. The van der Waals surface area contributed by atoms with Gasteiger partial charge < -0.3 is 10.6 Å². The summed E-state index contributed by atoms with van der Waals surface area (Å²) in [5, 5.41) is 6.50. The van der Waals surface area contributed by atoms with Gasteiger partial charge in [0, 0.05) is 6.04 Å². The van der Waals surface area contributed by atoms with Crippen molar-refractivity contribution in [2.24, 2.45) is 5.92 Å². The lowest BCUT2D eigenvalue weighted by atomic mass is 9.87. The van der Waals surface area contributed by atoms with Gasteiger partial charge in [-0.05, 0) is 37.7 Å². The topological polar surface area (TPSA) is 41.1 Å². The van der Waals surface area contributed by atoms with E-state index in [1.807, 2.05) is 0 Å². The third-order valence-electron chi connectivity index (χ3n) is 5.28. The summed E-state index contributed by atoms with van der Waals surface area (Å²) in [6.07, 6.45) is 9.38. The van der Waals surface area contributed by atoms with Crippen LogP contribution in [0.4, 0.5) is 4.79 Å². The molecule has 1 saturated carbocycles. The molecule has 134 valence electrons. The Morgan fingerprint density at radius 3 is 2.58 bits per heavy atom. The SMILES string of the molecule is CCCC(CC)C(NC(=O)NC1CCCCC1)c1cccc(C)c1. The number of benzene rings is 1. The van der Waals surface area contributed by atoms with Crippen LogP contribution in [0.3, 0.4) is 0 Å². The van der Waals surface area contributed by atoms with Gasteiger partial charge in [0.2, 0.25) is 0 Å². The van der Waals surface area contributed by atoms with Crippen molar-refractivity contribution in [2.45, 2.75) is 84.2 Å². The van der Waals surface area contributed by atoms with Gasteiger partial charge >= 0.3 is 6.03 Å². The Balaban J connectivity index is 2.08. The Kier molecular flexibility index (Phi) is 7.61. The summed E-state index contributed by atoms with van der Waals surface area (Å²) >= 11 is 0. The maximum absolute atomic E-state index is 12.6. The fourth-order valence-corrected chi connectivity index (χ4v) is 3.93. The van der Waals surface area contributed by atoms with Crippen molar-refractivity contribution in [3.8, 4) is 0 Å². The number of hydrogen-bond acceptors (Lipinski definition) is 1. The maximum Gasteiger partial charge on any atom is 0.315 e. The molecule has 1 aromatic carbocycles. The van der Waals surface area contributed by atoms with Crippen molar-refractivity contribution in [1.82, 2.24) is 10.6 Å². The standard InChI is InChI=1S/C21H34N2O/c1-4-10-17(5-2)20(18-12-9-11-16(3)15-18)23-21(24)22-19-13-7-6-8-14-19/h9,11-12,15,17,19-20H,4-8,10,13-14H2,1-3H3,(H2,22,23,24). The van der Waals surface area contributed by atoms with E-state index in [4.69, 9.17) is 0 Å². The summed E-state index contributed by atoms with van der Waals surface area (Å²) in [7, 11) is 0. The van der Waals surface area contributed by atoms with E-state index in [1.165, 1.54) is 30.4 Å². The third-order valence-corrected chi connectivity index (χ3v) is 5.28. The number of nitrogens with one attached hydrogen (secondary N) is 2. The summed E-state index contributed by atoms with van der Waals surface area (Å²) in [4.78, 5) is 12.6. The molecule has 1 aliphatic carbocycles. The fraction of sp³-hybridized carbons (Fsp3) is 0.667. The number of carbonyl (C=O) groups excluding carboxylic acids is 1. The predicted molar refractivity (Wildman–Crippen MR) is 101 cm³/mol. The first-order chi connectivity index (χ1) is 11.6. The van der Waals surface area contributed by atoms with E-state index in [-0.39, 0.29) is 12.1 Å². The molecule has 0 aromatic heterocycles. The number of aryl methyl sites for hydroxylation is 1. The second-order valence-corrected chi connectivity index (χ2v) is 7.30. The second-order valence-electron chi connectivity index (χ2n) is 7.30. The second kappa shape index (κ2) is 9.71. The highest BCUT2D eigenvalue weighted by molar-refractivity contribution is 5.74. The zero-order valence-corrected chi connectivity index (χ0v) is 15.6. The van der Waals surface area contributed by atoms with Gasteiger partial charge in [0.1, 0.15) is 0 Å². The van der Waals surface area contributed by atoms with Crippen molar-refractivity contribution < 1.29 is 4.79 Å². The Bertz CT molecular complexity index is 508. The fourth-order valence-electron chi connectivity index (χ4n) is 3.93. The molecule has 2 atom stereocenters. The molecule has 2 rings (SSSR count). The first-order valence-electron chi connectivity index (χ1n) is 9.77. The molecule has 2 N–H and O–H groups in total. The third kappa shape index (κ3) is 5.54. The molecule has 2 amide bonds. The largest absolute Gasteiger partial charge is 0.335 e. The minimum atomic E-state index is 0.00274. The summed E-state index contributed by atoms with van der Waals surface area (Å²) < 4.78 is 0. The van der Waals surface area contributed by atoms with Crippen molar-refractivity contribution in [3.05, 3.63) is 35.4 Å². The van der Waals surface area contributed by atoms with Crippen LogP contribution in [0.25, 0.3) is 0 Å². The summed E-state index contributed by atoms with van der Waals surface area (Å²) in [5.74, 6) is 0.480.